The van der Waals surface area contributed by atoms with Gasteiger partial charge in [-0.3, -0.25) is 9.63 Å². The van der Waals surface area contributed by atoms with Gasteiger partial charge in [0.1, 0.15) is 5.82 Å². The highest BCUT2D eigenvalue weighted by molar-refractivity contribution is 9.10. The van der Waals surface area contributed by atoms with E-state index in [1.165, 1.54) is 20.2 Å². The van der Waals surface area contributed by atoms with E-state index in [-0.39, 0.29) is 12.3 Å². The molecule has 0 aromatic heterocycles. The number of likely N-dealkylation sites (N-methyl/N-ethyl adjacent to an activating group) is 1. The Labute approximate surface area is 95.9 Å². The lowest BCUT2D eigenvalue weighted by Gasteiger charge is -2.13. The Bertz CT molecular complexity index is 370. The summed E-state index contributed by atoms with van der Waals surface area (Å²) in [5.41, 5.74) is 0.354. The van der Waals surface area contributed by atoms with Crippen LogP contribution in [0.5, 0.6) is 0 Å². The molecule has 1 amide bonds. The average molecular weight is 276 g/mol. The van der Waals surface area contributed by atoms with Crippen LogP contribution in [-0.4, -0.2) is 25.1 Å². The van der Waals surface area contributed by atoms with E-state index in [9.17, 15) is 9.18 Å². The summed E-state index contributed by atoms with van der Waals surface area (Å²) in [6.07, 6.45) is -0.0105. The van der Waals surface area contributed by atoms with Crippen LogP contribution in [0.25, 0.3) is 0 Å². The molecule has 0 N–H and O–H groups in total. The van der Waals surface area contributed by atoms with Crippen LogP contribution in [0.4, 0.5) is 4.39 Å². The number of nitrogens with zero attached hydrogens (tertiary/aromatic N) is 1. The molecule has 82 valence electrons. The van der Waals surface area contributed by atoms with E-state index in [1.54, 1.807) is 12.1 Å². The SMILES string of the molecule is CON(C)C(=O)Cc1ccc(Br)cc1F. The molecule has 0 heterocycles. The fourth-order valence-electron chi connectivity index (χ4n) is 1.04. The zero-order valence-corrected chi connectivity index (χ0v) is 10.0. The van der Waals surface area contributed by atoms with E-state index in [4.69, 9.17) is 4.84 Å². The fraction of sp³-hybridized carbons (Fsp3) is 0.300. The first kappa shape index (κ1) is 12.1. The van der Waals surface area contributed by atoms with E-state index < -0.39 is 5.82 Å². The van der Waals surface area contributed by atoms with Crippen LogP contribution in [0.15, 0.2) is 22.7 Å². The first-order valence-corrected chi connectivity index (χ1v) is 5.08. The fourth-order valence-corrected chi connectivity index (χ4v) is 1.37. The normalized spacial score (nSPS) is 10.1. The molecule has 3 nitrogen and oxygen atoms in total. The second kappa shape index (κ2) is 5.23. The number of rotatable bonds is 3. The van der Waals surface area contributed by atoms with Crippen LogP contribution >= 0.6 is 15.9 Å². The number of hydroxylamine groups is 2. The minimum absolute atomic E-state index is 0.0105. The molecule has 0 fully saturated rings. The molecular weight excluding hydrogens is 265 g/mol. The Morgan fingerprint density at radius 1 is 1.60 bits per heavy atom. The third-order valence-electron chi connectivity index (χ3n) is 1.98. The predicted octanol–water partition coefficient (Wildman–Crippen LogP) is 2.15. The number of hydrogen-bond acceptors (Lipinski definition) is 2. The van der Waals surface area contributed by atoms with Gasteiger partial charge in [0, 0.05) is 11.5 Å². The summed E-state index contributed by atoms with van der Waals surface area (Å²) in [7, 11) is 2.87. The van der Waals surface area contributed by atoms with Crippen molar-refractivity contribution < 1.29 is 14.0 Å². The molecule has 0 saturated heterocycles. The van der Waals surface area contributed by atoms with Crippen molar-refractivity contribution in [1.29, 1.82) is 0 Å². The molecule has 5 heteroatoms. The lowest BCUT2D eigenvalue weighted by Crippen LogP contribution is -2.27. The van der Waals surface area contributed by atoms with Crippen LogP contribution in [0.2, 0.25) is 0 Å². The molecule has 1 rings (SSSR count). The first-order valence-electron chi connectivity index (χ1n) is 4.29. The highest BCUT2D eigenvalue weighted by Crippen LogP contribution is 2.16. The topological polar surface area (TPSA) is 29.5 Å². The summed E-state index contributed by atoms with van der Waals surface area (Å²) in [6.45, 7) is 0. The van der Waals surface area contributed by atoms with Gasteiger partial charge in [0.2, 0.25) is 5.91 Å². The Morgan fingerprint density at radius 2 is 2.27 bits per heavy atom. The average Bonchev–Trinajstić information content (AvgIpc) is 2.20. The molecule has 0 bridgehead atoms. The Hall–Kier alpha value is -0.940. The number of hydrogen-bond donors (Lipinski definition) is 0. The largest absolute Gasteiger partial charge is 0.275 e. The molecule has 1 aromatic carbocycles. The summed E-state index contributed by atoms with van der Waals surface area (Å²) in [6, 6.07) is 4.59. The summed E-state index contributed by atoms with van der Waals surface area (Å²) < 4.78 is 14.0. The van der Waals surface area contributed by atoms with Crippen molar-refractivity contribution in [3.05, 3.63) is 34.1 Å². The van der Waals surface area contributed by atoms with Gasteiger partial charge in [-0.2, -0.15) is 0 Å². The number of amides is 1. The quantitative estimate of drug-likeness (QED) is 0.792. The lowest BCUT2D eigenvalue weighted by atomic mass is 10.1. The van der Waals surface area contributed by atoms with Gasteiger partial charge in [-0.1, -0.05) is 22.0 Å². The summed E-state index contributed by atoms with van der Waals surface area (Å²) in [5, 5.41) is 1.07. The maximum Gasteiger partial charge on any atom is 0.250 e. The van der Waals surface area contributed by atoms with Crippen LogP contribution in [-0.2, 0) is 16.1 Å². The summed E-state index contributed by atoms with van der Waals surface area (Å²) in [4.78, 5) is 16.1. The monoisotopic (exact) mass is 275 g/mol. The molecule has 0 aliphatic rings. The van der Waals surface area contributed by atoms with Gasteiger partial charge in [0.15, 0.2) is 0 Å². The van der Waals surface area contributed by atoms with Crippen LogP contribution in [0.1, 0.15) is 5.56 Å². The molecule has 0 radical (unpaired) electrons. The molecule has 0 aliphatic heterocycles. The van der Waals surface area contributed by atoms with Crippen molar-refractivity contribution in [3.63, 3.8) is 0 Å². The van der Waals surface area contributed by atoms with Crippen molar-refractivity contribution in [1.82, 2.24) is 5.06 Å². The van der Waals surface area contributed by atoms with E-state index in [1.807, 2.05) is 0 Å². The number of halogens is 2. The van der Waals surface area contributed by atoms with E-state index >= 15 is 0 Å². The number of carbonyl (C=O) groups is 1. The molecule has 0 spiro atoms. The third kappa shape index (κ3) is 3.28. The smallest absolute Gasteiger partial charge is 0.250 e. The Balaban J connectivity index is 2.77. The molecule has 0 atom stereocenters. The highest BCUT2D eigenvalue weighted by atomic mass is 79.9. The predicted molar refractivity (Wildman–Crippen MR) is 57.6 cm³/mol. The van der Waals surface area contributed by atoms with Crippen LogP contribution < -0.4 is 0 Å². The van der Waals surface area contributed by atoms with Gasteiger partial charge in [0.05, 0.1) is 13.5 Å². The number of benzene rings is 1. The van der Waals surface area contributed by atoms with Gasteiger partial charge in [0.25, 0.3) is 0 Å². The zero-order chi connectivity index (χ0) is 11.4. The van der Waals surface area contributed by atoms with Gasteiger partial charge in [-0.05, 0) is 17.7 Å². The van der Waals surface area contributed by atoms with Crippen LogP contribution in [0, 0.1) is 5.82 Å². The Kier molecular flexibility index (Phi) is 4.23. The number of carbonyl (C=O) groups excluding carboxylic acids is 1. The molecule has 0 aliphatic carbocycles. The highest BCUT2D eigenvalue weighted by Gasteiger charge is 2.12. The zero-order valence-electron chi connectivity index (χ0n) is 8.46. The first-order chi connectivity index (χ1) is 7.04. The van der Waals surface area contributed by atoms with Crippen LogP contribution in [0.3, 0.4) is 0 Å². The molecule has 0 unspecified atom stereocenters. The van der Waals surface area contributed by atoms with Crippen molar-refractivity contribution in [2.45, 2.75) is 6.42 Å². The van der Waals surface area contributed by atoms with Gasteiger partial charge in [-0.25, -0.2) is 9.45 Å². The lowest BCUT2D eigenvalue weighted by molar-refractivity contribution is -0.167. The third-order valence-corrected chi connectivity index (χ3v) is 2.48. The standard InChI is InChI=1S/C10H11BrFNO2/c1-13(15-2)10(14)5-7-3-4-8(11)6-9(7)12/h3-4,6H,5H2,1-2H3. The summed E-state index contributed by atoms with van der Waals surface area (Å²) >= 11 is 3.15. The van der Waals surface area contributed by atoms with E-state index in [0.29, 0.717) is 10.0 Å². The maximum atomic E-state index is 13.3. The van der Waals surface area contributed by atoms with Crippen molar-refractivity contribution >= 4 is 21.8 Å². The minimum Gasteiger partial charge on any atom is -0.275 e. The minimum atomic E-state index is -0.401. The molecule has 1 aromatic rings. The maximum absolute atomic E-state index is 13.3. The molecular formula is C10H11BrFNO2. The van der Waals surface area contributed by atoms with Crippen molar-refractivity contribution in [2.75, 3.05) is 14.2 Å². The second-order valence-electron chi connectivity index (χ2n) is 2.99. The Morgan fingerprint density at radius 3 is 2.80 bits per heavy atom. The molecule has 15 heavy (non-hydrogen) atoms. The van der Waals surface area contributed by atoms with Gasteiger partial charge < -0.3 is 0 Å². The van der Waals surface area contributed by atoms with Gasteiger partial charge in [-0.15, -0.1) is 0 Å². The van der Waals surface area contributed by atoms with E-state index in [0.717, 1.165) is 5.06 Å². The molecule has 0 saturated carbocycles. The summed E-state index contributed by atoms with van der Waals surface area (Å²) in [5.74, 6) is -0.694. The van der Waals surface area contributed by atoms with Crippen molar-refractivity contribution in [2.24, 2.45) is 0 Å². The van der Waals surface area contributed by atoms with Gasteiger partial charge >= 0.3 is 0 Å². The second-order valence-corrected chi connectivity index (χ2v) is 3.90. The van der Waals surface area contributed by atoms with Crippen molar-refractivity contribution in [3.8, 4) is 0 Å². The van der Waals surface area contributed by atoms with E-state index in [2.05, 4.69) is 15.9 Å².